The minimum Gasteiger partial charge on any atom is -0.332 e. The summed E-state index contributed by atoms with van der Waals surface area (Å²) in [6, 6.07) is 7.42. The fourth-order valence-corrected chi connectivity index (χ4v) is 5.14. The van der Waals surface area contributed by atoms with Crippen LogP contribution in [0.15, 0.2) is 36.8 Å². The third kappa shape index (κ3) is 3.85. The number of carbonyl (C=O) groups is 1. The average molecular weight is 457 g/mol. The van der Waals surface area contributed by atoms with E-state index < -0.39 is 5.67 Å². The number of hydrogen-bond acceptors (Lipinski definition) is 5. The Labute approximate surface area is 197 Å². The molecule has 1 aliphatic heterocycles. The predicted octanol–water partition coefficient (Wildman–Crippen LogP) is 4.53. The first-order valence-electron chi connectivity index (χ1n) is 11.9. The van der Waals surface area contributed by atoms with Crippen LogP contribution in [0.25, 0.3) is 22.4 Å². The molecule has 0 saturated heterocycles. The second-order valence-electron chi connectivity index (χ2n) is 9.84. The molecule has 2 fully saturated rings. The first-order chi connectivity index (χ1) is 16.5. The van der Waals surface area contributed by atoms with Crippen LogP contribution in [0.2, 0.25) is 0 Å². The summed E-state index contributed by atoms with van der Waals surface area (Å²) in [5.41, 5.74) is 3.26. The average Bonchev–Trinajstić information content (AvgIpc) is 3.22. The summed E-state index contributed by atoms with van der Waals surface area (Å²) >= 11 is 0. The molecule has 0 radical (unpaired) electrons. The molecule has 34 heavy (non-hydrogen) atoms. The van der Waals surface area contributed by atoms with Gasteiger partial charge in [0.25, 0.3) is 5.91 Å². The number of hydrogen-bond donors (Lipinski definition) is 0. The number of amides is 1. The number of pyridine rings is 2. The van der Waals surface area contributed by atoms with Gasteiger partial charge in [0.05, 0.1) is 36.2 Å². The molecule has 3 aliphatic rings. The van der Waals surface area contributed by atoms with E-state index in [0.717, 1.165) is 36.2 Å². The Kier molecular flexibility index (Phi) is 4.94. The van der Waals surface area contributed by atoms with Crippen LogP contribution in [0.1, 0.15) is 60.3 Å². The van der Waals surface area contributed by atoms with Gasteiger partial charge >= 0.3 is 0 Å². The fraction of sp³-hybridized carbons (Fsp3) is 0.423. The lowest BCUT2D eigenvalue weighted by atomic mass is 10.0. The van der Waals surface area contributed by atoms with Gasteiger partial charge in [0.1, 0.15) is 17.4 Å². The molecule has 3 aromatic heterocycles. The van der Waals surface area contributed by atoms with Crippen molar-refractivity contribution in [2.75, 3.05) is 6.54 Å². The van der Waals surface area contributed by atoms with Gasteiger partial charge in [-0.05, 0) is 49.8 Å². The third-order valence-corrected chi connectivity index (χ3v) is 7.18. The molecule has 7 nitrogen and oxygen atoms in total. The quantitative estimate of drug-likeness (QED) is 0.544. The highest BCUT2D eigenvalue weighted by Crippen LogP contribution is 2.37. The van der Waals surface area contributed by atoms with E-state index in [9.17, 15) is 14.4 Å². The number of aromatic nitrogens is 4. The minimum absolute atomic E-state index is 0.00636. The molecule has 3 aromatic rings. The van der Waals surface area contributed by atoms with E-state index in [2.05, 4.69) is 21.1 Å². The summed E-state index contributed by atoms with van der Waals surface area (Å²) in [5, 5.41) is 13.8. The molecule has 2 aliphatic carbocycles. The van der Waals surface area contributed by atoms with Crippen molar-refractivity contribution in [3.8, 4) is 28.5 Å². The molecule has 0 N–H and O–H groups in total. The van der Waals surface area contributed by atoms with Crippen LogP contribution < -0.4 is 0 Å². The lowest BCUT2D eigenvalue weighted by Crippen LogP contribution is -2.26. The van der Waals surface area contributed by atoms with Crippen molar-refractivity contribution in [1.29, 1.82) is 5.26 Å². The van der Waals surface area contributed by atoms with Gasteiger partial charge in [0.2, 0.25) is 0 Å². The van der Waals surface area contributed by atoms with Crippen molar-refractivity contribution in [2.45, 2.75) is 57.3 Å². The van der Waals surface area contributed by atoms with Crippen molar-refractivity contribution in [2.24, 2.45) is 5.92 Å². The molecule has 2 saturated carbocycles. The summed E-state index contributed by atoms with van der Waals surface area (Å²) in [5.74, 6) is 0.620. The number of alkyl halides is 1. The number of rotatable bonds is 6. The van der Waals surface area contributed by atoms with Crippen molar-refractivity contribution in [3.05, 3.63) is 53.7 Å². The molecule has 6 rings (SSSR count). The number of nitriles is 1. The highest BCUT2D eigenvalue weighted by molar-refractivity contribution is 5.99. The second-order valence-corrected chi connectivity index (χ2v) is 9.84. The molecule has 4 heterocycles. The standard InChI is InChI=1S/C26H25FN6O/c27-26(7-1-2-8-26)16-33-14-19(12-30-33)21-6-5-20(10-28)31-24(21)18-9-22-23(29-11-18)15-32(25(22)34)13-17-3-4-17/h5-6,9,11-12,14,17H,1-4,7-8,13,15-16H2. The van der Waals surface area contributed by atoms with Crippen molar-refractivity contribution in [1.82, 2.24) is 24.6 Å². The molecular weight excluding hydrogens is 431 g/mol. The highest BCUT2D eigenvalue weighted by atomic mass is 19.1. The largest absolute Gasteiger partial charge is 0.332 e. The summed E-state index contributed by atoms with van der Waals surface area (Å²) < 4.78 is 16.6. The molecule has 8 heteroatoms. The van der Waals surface area contributed by atoms with Gasteiger partial charge in [-0.15, -0.1) is 0 Å². The Balaban J connectivity index is 1.34. The van der Waals surface area contributed by atoms with Crippen LogP contribution >= 0.6 is 0 Å². The molecule has 0 unspecified atom stereocenters. The smallest absolute Gasteiger partial charge is 0.256 e. The summed E-state index contributed by atoms with van der Waals surface area (Å²) in [4.78, 5) is 24.0. The van der Waals surface area contributed by atoms with Crippen molar-refractivity contribution in [3.63, 3.8) is 0 Å². The van der Waals surface area contributed by atoms with Gasteiger partial charge in [-0.1, -0.05) is 12.8 Å². The Morgan fingerprint density at radius 1 is 1.15 bits per heavy atom. The van der Waals surface area contributed by atoms with Crippen molar-refractivity contribution < 1.29 is 9.18 Å². The zero-order chi connectivity index (χ0) is 23.3. The minimum atomic E-state index is -1.20. The van der Waals surface area contributed by atoms with E-state index in [1.54, 1.807) is 23.1 Å². The Hall–Kier alpha value is -3.60. The van der Waals surface area contributed by atoms with Crippen LogP contribution in [0.4, 0.5) is 4.39 Å². The van der Waals surface area contributed by atoms with E-state index in [1.807, 2.05) is 23.2 Å². The zero-order valence-electron chi connectivity index (χ0n) is 18.9. The van der Waals surface area contributed by atoms with Gasteiger partial charge in [-0.3, -0.25) is 14.5 Å². The molecule has 0 spiro atoms. The maximum Gasteiger partial charge on any atom is 0.256 e. The maximum atomic E-state index is 15.0. The summed E-state index contributed by atoms with van der Waals surface area (Å²) in [6.07, 6.45) is 10.6. The number of nitrogens with zero attached hydrogens (tertiary/aromatic N) is 6. The first kappa shape index (κ1) is 21.0. The lowest BCUT2D eigenvalue weighted by Gasteiger charge is -2.18. The first-order valence-corrected chi connectivity index (χ1v) is 11.9. The van der Waals surface area contributed by atoms with Crippen LogP contribution in [-0.4, -0.2) is 42.8 Å². The maximum absolute atomic E-state index is 15.0. The Morgan fingerprint density at radius 3 is 2.74 bits per heavy atom. The van der Waals surface area contributed by atoms with Gasteiger partial charge in [0.15, 0.2) is 0 Å². The zero-order valence-corrected chi connectivity index (χ0v) is 18.9. The fourth-order valence-electron chi connectivity index (χ4n) is 5.14. The monoisotopic (exact) mass is 456 g/mol. The van der Waals surface area contributed by atoms with Crippen LogP contribution in [0, 0.1) is 17.2 Å². The molecule has 0 aromatic carbocycles. The van der Waals surface area contributed by atoms with Gasteiger partial charge < -0.3 is 4.90 Å². The van der Waals surface area contributed by atoms with Crippen LogP contribution in [0.5, 0.6) is 0 Å². The van der Waals surface area contributed by atoms with E-state index in [0.29, 0.717) is 42.1 Å². The third-order valence-electron chi connectivity index (χ3n) is 7.18. The normalized spacial score (nSPS) is 18.8. The molecule has 0 bridgehead atoms. The van der Waals surface area contributed by atoms with Crippen LogP contribution in [0.3, 0.4) is 0 Å². The molecular formula is C26H25FN6O. The SMILES string of the molecule is N#Cc1ccc(-c2cnn(CC3(F)CCCC3)c2)c(-c2cnc3c(c2)C(=O)N(CC2CC2)C3)n1. The lowest BCUT2D eigenvalue weighted by molar-refractivity contribution is 0.0770. The summed E-state index contributed by atoms with van der Waals surface area (Å²) in [7, 11) is 0. The Bertz CT molecular complexity index is 1320. The highest BCUT2D eigenvalue weighted by Gasteiger charge is 2.35. The Morgan fingerprint density at radius 2 is 1.97 bits per heavy atom. The molecule has 0 atom stereocenters. The topological polar surface area (TPSA) is 87.7 Å². The van der Waals surface area contributed by atoms with E-state index >= 15 is 0 Å². The van der Waals surface area contributed by atoms with E-state index in [4.69, 9.17) is 0 Å². The number of carbonyl (C=O) groups excluding carboxylic acids is 1. The van der Waals surface area contributed by atoms with Gasteiger partial charge in [-0.2, -0.15) is 10.4 Å². The summed E-state index contributed by atoms with van der Waals surface area (Å²) in [6.45, 7) is 1.56. The van der Waals surface area contributed by atoms with E-state index in [1.165, 1.54) is 12.8 Å². The van der Waals surface area contributed by atoms with Crippen LogP contribution in [-0.2, 0) is 13.1 Å². The number of halogens is 1. The van der Waals surface area contributed by atoms with Gasteiger partial charge in [0, 0.05) is 35.6 Å². The second kappa shape index (κ2) is 8.01. The van der Waals surface area contributed by atoms with Crippen molar-refractivity contribution >= 4 is 5.91 Å². The van der Waals surface area contributed by atoms with Gasteiger partial charge in [-0.25, -0.2) is 9.37 Å². The molecule has 1 amide bonds. The number of fused-ring (bicyclic) bond motifs is 1. The molecule has 172 valence electrons. The predicted molar refractivity (Wildman–Crippen MR) is 123 cm³/mol. The van der Waals surface area contributed by atoms with E-state index in [-0.39, 0.29) is 18.1 Å².